The first-order valence-electron chi connectivity index (χ1n) is 14.9. The standard InChI is InChI=1S/C32H42N4O4/c1-33-20-22-34(23-21-33)30(37)9-3-2-6-24-40-28-13-10-26(11-14-28)32(39)35-18-16-27(17-19-35)36-29-8-5-4-7-25(29)12-15-31(36)38/h4-5,7-8,10-11,13-14,27H,2-3,6,9,12,15-24H2,1H3. The average molecular weight is 547 g/mol. The molecule has 0 spiro atoms. The van der Waals surface area contributed by atoms with Gasteiger partial charge in [-0.2, -0.15) is 0 Å². The number of carbonyl (C=O) groups excluding carboxylic acids is 3. The van der Waals surface area contributed by atoms with E-state index in [9.17, 15) is 14.4 Å². The topological polar surface area (TPSA) is 73.4 Å². The second kappa shape index (κ2) is 13.3. The van der Waals surface area contributed by atoms with Crippen molar-refractivity contribution < 1.29 is 19.1 Å². The van der Waals surface area contributed by atoms with E-state index in [1.54, 1.807) is 0 Å². The molecule has 0 N–H and O–H groups in total. The third-order valence-corrected chi connectivity index (χ3v) is 8.51. The molecule has 3 heterocycles. The van der Waals surface area contributed by atoms with E-state index in [1.165, 1.54) is 5.56 Å². The number of anilines is 1. The Kier molecular flexibility index (Phi) is 9.37. The lowest BCUT2D eigenvalue weighted by molar-refractivity contribution is -0.132. The van der Waals surface area contributed by atoms with E-state index in [0.29, 0.717) is 38.1 Å². The molecule has 2 saturated heterocycles. The zero-order valence-electron chi connectivity index (χ0n) is 23.7. The SMILES string of the molecule is CN1CCN(C(=O)CCCCCOc2ccc(C(=O)N3CCC(N4C(=O)CCc5ccccc54)CC3)cc2)CC1. The summed E-state index contributed by atoms with van der Waals surface area (Å²) in [7, 11) is 2.09. The van der Waals surface area contributed by atoms with Gasteiger partial charge in [0, 0.05) is 69.4 Å². The van der Waals surface area contributed by atoms with Crippen LogP contribution in [0.1, 0.15) is 60.9 Å². The molecule has 0 aliphatic carbocycles. The summed E-state index contributed by atoms with van der Waals surface area (Å²) in [5.41, 5.74) is 2.94. The molecule has 8 nitrogen and oxygen atoms in total. The normalized spacial score (nSPS) is 18.5. The number of nitrogens with zero attached hydrogens (tertiary/aromatic N) is 4. The molecule has 3 aliphatic rings. The lowest BCUT2D eigenvalue weighted by Gasteiger charge is -2.41. The van der Waals surface area contributed by atoms with Gasteiger partial charge in [0.2, 0.25) is 11.8 Å². The van der Waals surface area contributed by atoms with Crippen molar-refractivity contribution in [3.63, 3.8) is 0 Å². The van der Waals surface area contributed by atoms with Crippen LogP contribution in [0.2, 0.25) is 0 Å². The molecule has 2 fully saturated rings. The van der Waals surface area contributed by atoms with E-state index in [4.69, 9.17) is 4.74 Å². The molecule has 0 atom stereocenters. The summed E-state index contributed by atoms with van der Waals surface area (Å²) in [5.74, 6) is 1.24. The lowest BCUT2D eigenvalue weighted by Crippen LogP contribution is -2.50. The first-order valence-corrected chi connectivity index (χ1v) is 14.9. The van der Waals surface area contributed by atoms with Crippen molar-refractivity contribution in [3.05, 3.63) is 59.7 Å². The fraction of sp³-hybridized carbons (Fsp3) is 0.531. The molecule has 214 valence electrons. The van der Waals surface area contributed by atoms with E-state index in [2.05, 4.69) is 18.0 Å². The highest BCUT2D eigenvalue weighted by atomic mass is 16.5. The number of benzene rings is 2. The molecule has 0 unspecified atom stereocenters. The smallest absolute Gasteiger partial charge is 0.253 e. The molecule has 0 bridgehead atoms. The Hall–Kier alpha value is -3.39. The third kappa shape index (κ3) is 6.84. The van der Waals surface area contributed by atoms with Crippen LogP contribution in [-0.2, 0) is 16.0 Å². The number of para-hydroxylation sites is 1. The number of hydrogen-bond acceptors (Lipinski definition) is 5. The number of amides is 3. The molecule has 0 radical (unpaired) electrons. The van der Waals surface area contributed by atoms with Crippen LogP contribution in [0.4, 0.5) is 5.69 Å². The number of unbranched alkanes of at least 4 members (excludes halogenated alkanes) is 2. The fourth-order valence-electron chi connectivity index (χ4n) is 6.02. The minimum absolute atomic E-state index is 0.0281. The quantitative estimate of drug-likeness (QED) is 0.445. The highest BCUT2D eigenvalue weighted by Crippen LogP contribution is 2.32. The van der Waals surface area contributed by atoms with Crippen molar-refractivity contribution in [1.82, 2.24) is 14.7 Å². The second-order valence-corrected chi connectivity index (χ2v) is 11.3. The Labute approximate surface area is 237 Å². The Morgan fingerprint density at radius 1 is 0.825 bits per heavy atom. The molecule has 2 aromatic rings. The Morgan fingerprint density at radius 3 is 2.30 bits per heavy atom. The zero-order chi connectivity index (χ0) is 27.9. The summed E-state index contributed by atoms with van der Waals surface area (Å²) in [6.07, 6.45) is 6.29. The molecule has 3 amide bonds. The number of piperazine rings is 1. The van der Waals surface area contributed by atoms with Gasteiger partial charge in [-0.15, -0.1) is 0 Å². The van der Waals surface area contributed by atoms with Gasteiger partial charge in [-0.1, -0.05) is 18.2 Å². The third-order valence-electron chi connectivity index (χ3n) is 8.51. The minimum atomic E-state index is 0.0281. The summed E-state index contributed by atoms with van der Waals surface area (Å²) in [6.45, 7) is 5.48. The number of likely N-dealkylation sites (N-methyl/N-ethyl adjacent to an activating group) is 1. The molecular formula is C32H42N4O4. The van der Waals surface area contributed by atoms with Crippen molar-refractivity contribution in [2.45, 2.75) is 57.4 Å². The summed E-state index contributed by atoms with van der Waals surface area (Å²) in [4.78, 5) is 46.4. The Morgan fingerprint density at radius 2 is 1.55 bits per heavy atom. The van der Waals surface area contributed by atoms with Gasteiger partial charge < -0.3 is 24.3 Å². The Bertz CT molecular complexity index is 1170. The first kappa shape index (κ1) is 28.1. The average Bonchev–Trinajstić information content (AvgIpc) is 2.99. The number of carbonyl (C=O) groups is 3. The highest BCUT2D eigenvalue weighted by Gasteiger charge is 2.33. The first-order chi connectivity index (χ1) is 19.5. The largest absolute Gasteiger partial charge is 0.494 e. The number of likely N-dealkylation sites (tertiary alicyclic amines) is 1. The second-order valence-electron chi connectivity index (χ2n) is 11.3. The van der Waals surface area contributed by atoms with Gasteiger partial charge in [-0.05, 0) is 81.5 Å². The van der Waals surface area contributed by atoms with Gasteiger partial charge in [0.05, 0.1) is 6.61 Å². The van der Waals surface area contributed by atoms with Gasteiger partial charge in [-0.3, -0.25) is 14.4 Å². The molecule has 0 saturated carbocycles. The maximum absolute atomic E-state index is 13.1. The number of piperidine rings is 1. The number of hydrogen-bond donors (Lipinski definition) is 0. The van der Waals surface area contributed by atoms with E-state index in [1.807, 2.05) is 57.2 Å². The number of fused-ring (bicyclic) bond motifs is 1. The number of rotatable bonds is 9. The van der Waals surface area contributed by atoms with Crippen LogP contribution in [0.15, 0.2) is 48.5 Å². The van der Waals surface area contributed by atoms with Crippen molar-refractivity contribution in [3.8, 4) is 5.75 Å². The minimum Gasteiger partial charge on any atom is -0.494 e. The van der Waals surface area contributed by atoms with Crippen LogP contribution in [0, 0.1) is 0 Å². The monoisotopic (exact) mass is 546 g/mol. The molecule has 5 rings (SSSR count). The van der Waals surface area contributed by atoms with Gasteiger partial charge in [0.25, 0.3) is 5.91 Å². The van der Waals surface area contributed by atoms with Crippen LogP contribution >= 0.6 is 0 Å². The van der Waals surface area contributed by atoms with Crippen LogP contribution in [0.25, 0.3) is 0 Å². The Balaban J connectivity index is 1.01. The number of aryl methyl sites for hydroxylation is 1. The number of ether oxygens (including phenoxy) is 1. The zero-order valence-corrected chi connectivity index (χ0v) is 23.7. The van der Waals surface area contributed by atoms with Crippen molar-refractivity contribution in [2.24, 2.45) is 0 Å². The van der Waals surface area contributed by atoms with E-state index in [0.717, 1.165) is 76.1 Å². The van der Waals surface area contributed by atoms with Crippen LogP contribution in [0.5, 0.6) is 5.75 Å². The van der Waals surface area contributed by atoms with Crippen molar-refractivity contribution in [1.29, 1.82) is 0 Å². The van der Waals surface area contributed by atoms with Crippen molar-refractivity contribution in [2.75, 3.05) is 57.8 Å². The molecule has 2 aromatic carbocycles. The lowest BCUT2D eigenvalue weighted by atomic mass is 9.95. The van der Waals surface area contributed by atoms with E-state index < -0.39 is 0 Å². The molecular weight excluding hydrogens is 504 g/mol. The van der Waals surface area contributed by atoms with E-state index in [-0.39, 0.29) is 23.8 Å². The van der Waals surface area contributed by atoms with Crippen LogP contribution < -0.4 is 9.64 Å². The van der Waals surface area contributed by atoms with Crippen LogP contribution in [-0.4, -0.2) is 91.4 Å². The maximum Gasteiger partial charge on any atom is 0.253 e. The van der Waals surface area contributed by atoms with Crippen LogP contribution in [0.3, 0.4) is 0 Å². The fourth-order valence-corrected chi connectivity index (χ4v) is 6.02. The van der Waals surface area contributed by atoms with Gasteiger partial charge in [-0.25, -0.2) is 0 Å². The molecule has 0 aromatic heterocycles. The van der Waals surface area contributed by atoms with Gasteiger partial charge in [0.1, 0.15) is 5.75 Å². The predicted molar refractivity (Wildman–Crippen MR) is 156 cm³/mol. The van der Waals surface area contributed by atoms with E-state index >= 15 is 0 Å². The van der Waals surface area contributed by atoms with Crippen molar-refractivity contribution >= 4 is 23.4 Å². The maximum atomic E-state index is 13.1. The summed E-state index contributed by atoms with van der Waals surface area (Å²) < 4.78 is 5.88. The predicted octanol–water partition coefficient (Wildman–Crippen LogP) is 3.98. The summed E-state index contributed by atoms with van der Waals surface area (Å²) in [6, 6.07) is 15.7. The molecule has 8 heteroatoms. The highest BCUT2D eigenvalue weighted by molar-refractivity contribution is 5.97. The van der Waals surface area contributed by atoms with Gasteiger partial charge >= 0.3 is 0 Å². The molecule has 40 heavy (non-hydrogen) atoms. The summed E-state index contributed by atoms with van der Waals surface area (Å²) >= 11 is 0. The summed E-state index contributed by atoms with van der Waals surface area (Å²) in [5, 5.41) is 0. The van der Waals surface area contributed by atoms with Gasteiger partial charge in [0.15, 0.2) is 0 Å². The molecule has 3 aliphatic heterocycles.